The van der Waals surface area contributed by atoms with Gasteiger partial charge >= 0.3 is 0 Å². The molecule has 5 nitrogen and oxygen atoms in total. The largest absolute Gasteiger partial charge is 0.394 e. The molecule has 0 unspecified atom stereocenters. The summed E-state index contributed by atoms with van der Waals surface area (Å²) in [6.45, 7) is 2.82. The van der Waals surface area contributed by atoms with Gasteiger partial charge in [0, 0.05) is 31.0 Å². The standard InChI is InChI=1S/C16H22N4O/c21-11-10-20-13-15(12-17-20)18-14-6-8-19(9-7-14)16-4-2-1-3-5-16/h1-5,12-14,18,21H,6-11H2. The van der Waals surface area contributed by atoms with E-state index in [1.54, 1.807) is 4.68 Å². The normalized spacial score (nSPS) is 16.1. The molecule has 21 heavy (non-hydrogen) atoms. The number of nitrogens with zero attached hydrogens (tertiary/aromatic N) is 3. The number of aliphatic hydroxyl groups is 1. The summed E-state index contributed by atoms with van der Waals surface area (Å²) in [4.78, 5) is 2.44. The Kier molecular flexibility index (Phi) is 4.40. The smallest absolute Gasteiger partial charge is 0.0728 e. The second-order valence-electron chi connectivity index (χ2n) is 5.46. The van der Waals surface area contributed by atoms with E-state index in [4.69, 9.17) is 5.11 Å². The molecule has 1 aliphatic heterocycles. The molecule has 1 saturated heterocycles. The first-order valence-corrected chi connectivity index (χ1v) is 7.55. The molecule has 2 N–H and O–H groups in total. The molecular formula is C16H22N4O. The molecule has 3 rings (SSSR count). The van der Waals surface area contributed by atoms with E-state index in [-0.39, 0.29) is 6.61 Å². The summed E-state index contributed by atoms with van der Waals surface area (Å²) in [5.41, 5.74) is 2.35. The second kappa shape index (κ2) is 6.63. The van der Waals surface area contributed by atoms with Crippen molar-refractivity contribution >= 4 is 11.4 Å². The second-order valence-corrected chi connectivity index (χ2v) is 5.46. The lowest BCUT2D eigenvalue weighted by Gasteiger charge is -2.34. The number of hydrogen-bond acceptors (Lipinski definition) is 4. The maximum atomic E-state index is 8.90. The van der Waals surface area contributed by atoms with Gasteiger partial charge in [-0.15, -0.1) is 0 Å². The van der Waals surface area contributed by atoms with Crippen LogP contribution < -0.4 is 10.2 Å². The highest BCUT2D eigenvalue weighted by Crippen LogP contribution is 2.21. The van der Waals surface area contributed by atoms with Gasteiger partial charge in [-0.1, -0.05) is 18.2 Å². The Labute approximate surface area is 125 Å². The molecule has 1 aromatic carbocycles. The summed E-state index contributed by atoms with van der Waals surface area (Å²) >= 11 is 0. The Hall–Kier alpha value is -2.01. The number of aromatic nitrogens is 2. The van der Waals surface area contributed by atoms with Crippen molar-refractivity contribution in [3.05, 3.63) is 42.7 Å². The van der Waals surface area contributed by atoms with Crippen LogP contribution in [0.4, 0.5) is 11.4 Å². The van der Waals surface area contributed by atoms with Gasteiger partial charge in [0.15, 0.2) is 0 Å². The van der Waals surface area contributed by atoms with Crippen LogP contribution in [0.5, 0.6) is 0 Å². The van der Waals surface area contributed by atoms with E-state index in [0.29, 0.717) is 12.6 Å². The zero-order valence-corrected chi connectivity index (χ0v) is 12.2. The monoisotopic (exact) mass is 286 g/mol. The number of anilines is 2. The topological polar surface area (TPSA) is 53.3 Å². The molecule has 2 aromatic rings. The highest BCUT2D eigenvalue weighted by atomic mass is 16.3. The van der Waals surface area contributed by atoms with E-state index < -0.39 is 0 Å². The van der Waals surface area contributed by atoms with Gasteiger partial charge in [0.1, 0.15) is 0 Å². The van der Waals surface area contributed by atoms with Gasteiger partial charge < -0.3 is 15.3 Å². The Morgan fingerprint density at radius 3 is 2.67 bits per heavy atom. The van der Waals surface area contributed by atoms with E-state index in [1.807, 2.05) is 12.4 Å². The Morgan fingerprint density at radius 1 is 1.19 bits per heavy atom. The minimum absolute atomic E-state index is 0.122. The molecule has 112 valence electrons. The van der Waals surface area contributed by atoms with Crippen molar-refractivity contribution in [2.75, 3.05) is 29.9 Å². The number of piperidine rings is 1. The predicted octanol–water partition coefficient (Wildman–Crippen LogP) is 1.96. The van der Waals surface area contributed by atoms with Crippen molar-refractivity contribution in [1.29, 1.82) is 0 Å². The lowest BCUT2D eigenvalue weighted by Crippen LogP contribution is -2.39. The molecule has 0 saturated carbocycles. The maximum Gasteiger partial charge on any atom is 0.0728 e. The molecule has 0 spiro atoms. The maximum absolute atomic E-state index is 8.90. The third kappa shape index (κ3) is 3.55. The Bertz CT molecular complexity index is 546. The van der Waals surface area contributed by atoms with Gasteiger partial charge in [-0.25, -0.2) is 0 Å². The summed E-state index contributed by atoms with van der Waals surface area (Å²) in [6, 6.07) is 11.1. The molecule has 0 atom stereocenters. The number of hydrogen-bond donors (Lipinski definition) is 2. The lowest BCUT2D eigenvalue weighted by atomic mass is 10.0. The molecule has 0 bridgehead atoms. The molecule has 0 radical (unpaired) electrons. The quantitative estimate of drug-likeness (QED) is 0.882. The van der Waals surface area contributed by atoms with Crippen LogP contribution >= 0.6 is 0 Å². The van der Waals surface area contributed by atoms with Crippen molar-refractivity contribution in [1.82, 2.24) is 9.78 Å². The van der Waals surface area contributed by atoms with Crippen LogP contribution in [-0.4, -0.2) is 40.6 Å². The van der Waals surface area contributed by atoms with Crippen molar-refractivity contribution in [3.63, 3.8) is 0 Å². The lowest BCUT2D eigenvalue weighted by molar-refractivity contribution is 0.269. The zero-order chi connectivity index (χ0) is 14.5. The van der Waals surface area contributed by atoms with E-state index in [2.05, 4.69) is 45.6 Å². The van der Waals surface area contributed by atoms with E-state index in [1.165, 1.54) is 5.69 Å². The first-order chi connectivity index (χ1) is 10.3. The van der Waals surface area contributed by atoms with Gasteiger partial charge in [0.05, 0.1) is 25.0 Å². The van der Waals surface area contributed by atoms with Crippen LogP contribution in [0.15, 0.2) is 42.7 Å². The first-order valence-electron chi connectivity index (χ1n) is 7.55. The molecule has 5 heteroatoms. The summed E-state index contributed by atoms with van der Waals surface area (Å²) in [5, 5.41) is 16.7. The van der Waals surface area contributed by atoms with Crippen LogP contribution in [0, 0.1) is 0 Å². The average Bonchev–Trinajstić information content (AvgIpc) is 2.97. The number of nitrogens with one attached hydrogen (secondary N) is 1. The van der Waals surface area contributed by atoms with Crippen molar-refractivity contribution in [2.45, 2.75) is 25.4 Å². The number of rotatable bonds is 5. The summed E-state index contributed by atoms with van der Waals surface area (Å²) in [7, 11) is 0. The van der Waals surface area contributed by atoms with Gasteiger partial charge in [-0.3, -0.25) is 4.68 Å². The van der Waals surface area contributed by atoms with Crippen LogP contribution in [0.25, 0.3) is 0 Å². The van der Waals surface area contributed by atoms with Crippen LogP contribution in [0.3, 0.4) is 0 Å². The summed E-state index contributed by atoms with van der Waals surface area (Å²) < 4.78 is 1.77. The molecule has 1 aliphatic rings. The summed E-state index contributed by atoms with van der Waals surface area (Å²) in [5.74, 6) is 0. The highest BCUT2D eigenvalue weighted by molar-refractivity contribution is 5.47. The first kappa shape index (κ1) is 13.9. The van der Waals surface area contributed by atoms with Gasteiger partial charge in [-0.05, 0) is 25.0 Å². The van der Waals surface area contributed by atoms with Gasteiger partial charge in [-0.2, -0.15) is 5.10 Å². The fourth-order valence-corrected chi connectivity index (χ4v) is 2.82. The molecule has 0 aliphatic carbocycles. The fourth-order valence-electron chi connectivity index (χ4n) is 2.82. The number of para-hydroxylation sites is 1. The number of benzene rings is 1. The van der Waals surface area contributed by atoms with Crippen LogP contribution in [-0.2, 0) is 6.54 Å². The highest BCUT2D eigenvalue weighted by Gasteiger charge is 2.19. The van der Waals surface area contributed by atoms with Crippen molar-refractivity contribution in [2.24, 2.45) is 0 Å². The molecule has 2 heterocycles. The molecule has 1 fully saturated rings. The average molecular weight is 286 g/mol. The van der Waals surface area contributed by atoms with Crippen LogP contribution in [0.2, 0.25) is 0 Å². The third-order valence-corrected chi connectivity index (χ3v) is 3.95. The van der Waals surface area contributed by atoms with E-state index in [0.717, 1.165) is 31.6 Å². The minimum atomic E-state index is 0.122. The molecule has 1 aromatic heterocycles. The van der Waals surface area contributed by atoms with E-state index in [9.17, 15) is 0 Å². The molecular weight excluding hydrogens is 264 g/mol. The van der Waals surface area contributed by atoms with Gasteiger partial charge in [0.2, 0.25) is 0 Å². The van der Waals surface area contributed by atoms with Crippen LogP contribution in [0.1, 0.15) is 12.8 Å². The van der Waals surface area contributed by atoms with E-state index >= 15 is 0 Å². The third-order valence-electron chi connectivity index (χ3n) is 3.95. The zero-order valence-electron chi connectivity index (χ0n) is 12.2. The minimum Gasteiger partial charge on any atom is -0.394 e. The summed E-state index contributed by atoms with van der Waals surface area (Å²) in [6.07, 6.45) is 6.04. The fraction of sp³-hybridized carbons (Fsp3) is 0.438. The number of aliphatic hydroxyl groups excluding tert-OH is 1. The Morgan fingerprint density at radius 2 is 1.95 bits per heavy atom. The Balaban J connectivity index is 1.51. The van der Waals surface area contributed by atoms with Crippen molar-refractivity contribution in [3.8, 4) is 0 Å². The van der Waals surface area contributed by atoms with Crippen molar-refractivity contribution < 1.29 is 5.11 Å². The van der Waals surface area contributed by atoms with Gasteiger partial charge in [0.25, 0.3) is 0 Å². The SMILES string of the molecule is OCCn1cc(NC2CCN(c3ccccc3)CC2)cn1. The predicted molar refractivity (Wildman–Crippen MR) is 84.6 cm³/mol. The molecule has 0 amide bonds.